The molecule has 0 saturated carbocycles. The molecule has 9 nitrogen and oxygen atoms in total. The van der Waals surface area contributed by atoms with Gasteiger partial charge in [0.15, 0.2) is 5.82 Å². The number of nitrogens with one attached hydrogen (secondary N) is 1. The summed E-state index contributed by atoms with van der Waals surface area (Å²) in [4.78, 5) is 8.93. The van der Waals surface area contributed by atoms with Crippen molar-refractivity contribution in [3.8, 4) is 17.1 Å². The molecule has 4 aromatic rings. The lowest BCUT2D eigenvalue weighted by Gasteiger charge is -2.42. The largest absolute Gasteiger partial charge is 0.368 e. The number of nitrogens with two attached hydrogens (primary N) is 1. The maximum atomic E-state index is 15.2. The summed E-state index contributed by atoms with van der Waals surface area (Å²) >= 11 is 0. The fourth-order valence-corrected chi connectivity index (χ4v) is 6.60. The van der Waals surface area contributed by atoms with Gasteiger partial charge in [-0.25, -0.2) is 4.39 Å². The smallest absolute Gasteiger partial charge is 0.248 e. The minimum atomic E-state index is -0.832. The lowest BCUT2D eigenvalue weighted by molar-refractivity contribution is 0.0767. The first-order chi connectivity index (χ1) is 20.1. The molecule has 2 unspecified atom stereocenters. The highest BCUT2D eigenvalue weighted by molar-refractivity contribution is 5.68. The van der Waals surface area contributed by atoms with Crippen LogP contribution in [0.1, 0.15) is 43.2 Å². The molecule has 0 spiro atoms. The third-order valence-electron chi connectivity index (χ3n) is 8.73. The van der Waals surface area contributed by atoms with Gasteiger partial charge in [0, 0.05) is 29.5 Å². The van der Waals surface area contributed by atoms with Gasteiger partial charge in [-0.2, -0.15) is 9.67 Å². The van der Waals surface area contributed by atoms with Crippen molar-refractivity contribution in [1.29, 1.82) is 0 Å². The Hall–Kier alpha value is -4.05. The van der Waals surface area contributed by atoms with Gasteiger partial charge in [-0.05, 0) is 93.1 Å². The molecule has 7 rings (SSSR count). The molecular weight excluding hydrogens is 517 g/mol. The summed E-state index contributed by atoms with van der Waals surface area (Å²) in [5.74, 6) is 1.16. The molecule has 0 amide bonds. The molecule has 3 aliphatic rings. The number of nitrogens with zero attached hydrogens (tertiary/aromatic N) is 7. The van der Waals surface area contributed by atoms with E-state index in [4.69, 9.17) is 5.73 Å². The highest BCUT2D eigenvalue weighted by Gasteiger charge is 2.34. The molecule has 212 valence electrons. The van der Waals surface area contributed by atoms with Crippen LogP contribution in [0.15, 0.2) is 54.6 Å². The van der Waals surface area contributed by atoms with Crippen molar-refractivity contribution in [1.82, 2.24) is 29.9 Å². The molecule has 2 aromatic carbocycles. The molecule has 4 heterocycles. The third kappa shape index (κ3) is 5.24. The van der Waals surface area contributed by atoms with Gasteiger partial charge in [0.25, 0.3) is 0 Å². The van der Waals surface area contributed by atoms with Gasteiger partial charge in [0.1, 0.15) is 6.17 Å². The first kappa shape index (κ1) is 25.9. The summed E-state index contributed by atoms with van der Waals surface area (Å²) in [5.41, 5.74) is 12.6. The number of hydrogen-bond acceptors (Lipinski definition) is 8. The number of aryl methyl sites for hydroxylation is 2. The topological polar surface area (TPSA) is 101 Å². The first-order valence-electron chi connectivity index (χ1n) is 14.8. The van der Waals surface area contributed by atoms with E-state index in [1.165, 1.54) is 29.5 Å². The number of rotatable bonds is 5. The zero-order chi connectivity index (χ0) is 27.8. The molecule has 2 aliphatic heterocycles. The van der Waals surface area contributed by atoms with Crippen molar-refractivity contribution < 1.29 is 4.39 Å². The number of fused-ring (bicyclic) bond motifs is 3. The highest BCUT2D eigenvalue weighted by Crippen LogP contribution is 2.32. The van der Waals surface area contributed by atoms with Crippen molar-refractivity contribution in [2.24, 2.45) is 0 Å². The molecule has 2 saturated heterocycles. The van der Waals surface area contributed by atoms with E-state index in [1.54, 1.807) is 0 Å². The van der Waals surface area contributed by atoms with Crippen molar-refractivity contribution in [2.75, 3.05) is 42.1 Å². The van der Waals surface area contributed by atoms with Crippen LogP contribution >= 0.6 is 0 Å². The minimum absolute atomic E-state index is 0.0548. The summed E-state index contributed by atoms with van der Waals surface area (Å²) in [5, 5.41) is 16.8. The number of alkyl halides is 1. The first-order valence-corrected chi connectivity index (χ1v) is 14.8. The monoisotopic (exact) mass is 553 g/mol. The Kier molecular flexibility index (Phi) is 7.00. The van der Waals surface area contributed by atoms with Gasteiger partial charge in [-0.1, -0.05) is 30.7 Å². The van der Waals surface area contributed by atoms with Crippen molar-refractivity contribution in [2.45, 2.75) is 57.2 Å². The fourth-order valence-electron chi connectivity index (χ4n) is 6.60. The van der Waals surface area contributed by atoms with Crippen LogP contribution in [0, 0.1) is 0 Å². The Labute approximate surface area is 239 Å². The van der Waals surface area contributed by atoms with Crippen LogP contribution < -0.4 is 16.0 Å². The number of halogens is 1. The maximum Gasteiger partial charge on any atom is 0.248 e. The predicted molar refractivity (Wildman–Crippen MR) is 159 cm³/mol. The van der Waals surface area contributed by atoms with Crippen LogP contribution in [0.4, 0.5) is 27.7 Å². The average molecular weight is 554 g/mol. The van der Waals surface area contributed by atoms with Crippen LogP contribution in [0.2, 0.25) is 0 Å². The summed E-state index contributed by atoms with van der Waals surface area (Å²) in [6, 6.07) is 18.4. The summed E-state index contributed by atoms with van der Waals surface area (Å²) < 4.78 is 16.7. The Morgan fingerprint density at radius 3 is 2.51 bits per heavy atom. The van der Waals surface area contributed by atoms with Crippen LogP contribution in [-0.2, 0) is 12.8 Å². The zero-order valence-corrected chi connectivity index (χ0v) is 23.2. The second kappa shape index (κ2) is 11.1. The van der Waals surface area contributed by atoms with E-state index in [2.05, 4.69) is 53.6 Å². The molecule has 2 atom stereocenters. The van der Waals surface area contributed by atoms with E-state index in [9.17, 15) is 0 Å². The minimum Gasteiger partial charge on any atom is -0.368 e. The molecule has 0 bridgehead atoms. The van der Waals surface area contributed by atoms with Gasteiger partial charge in [0.2, 0.25) is 11.9 Å². The normalized spacial score (nSPS) is 21.1. The van der Waals surface area contributed by atoms with E-state index in [0.29, 0.717) is 18.3 Å². The maximum absolute atomic E-state index is 15.2. The number of piperidine rings is 2. The zero-order valence-electron chi connectivity index (χ0n) is 23.2. The number of likely N-dealkylation sites (tertiary alicyclic amines) is 1. The number of benzene rings is 2. The molecule has 0 radical (unpaired) electrons. The van der Waals surface area contributed by atoms with Gasteiger partial charge >= 0.3 is 0 Å². The predicted octanol–water partition coefficient (Wildman–Crippen LogP) is 4.94. The average Bonchev–Trinajstić information content (AvgIpc) is 3.26. The van der Waals surface area contributed by atoms with Gasteiger partial charge < -0.3 is 16.0 Å². The molecule has 2 aromatic heterocycles. The van der Waals surface area contributed by atoms with Gasteiger partial charge in [-0.15, -0.1) is 15.3 Å². The Bertz CT molecular complexity index is 1510. The SMILES string of the molecule is Nc1nc(Nc2ccc(N3CCC(N4CCCCC4)C(F)C3)cc2)nn1-c1cc2c(nn1)-c1ccccc1CCC2. The molecule has 41 heavy (non-hydrogen) atoms. The third-order valence-corrected chi connectivity index (χ3v) is 8.73. The highest BCUT2D eigenvalue weighted by atomic mass is 19.1. The van der Waals surface area contributed by atoms with E-state index in [0.717, 1.165) is 73.5 Å². The summed E-state index contributed by atoms with van der Waals surface area (Å²) in [6.07, 6.45) is 6.66. The number of hydrogen-bond donors (Lipinski definition) is 2. The summed E-state index contributed by atoms with van der Waals surface area (Å²) in [6.45, 7) is 3.37. The number of nitrogen functional groups attached to an aromatic ring is 1. The van der Waals surface area contributed by atoms with Gasteiger partial charge in [0.05, 0.1) is 12.2 Å². The lowest BCUT2D eigenvalue weighted by Crippen LogP contribution is -2.53. The van der Waals surface area contributed by atoms with Crippen molar-refractivity contribution >= 4 is 23.3 Å². The van der Waals surface area contributed by atoms with Crippen molar-refractivity contribution in [3.05, 3.63) is 65.7 Å². The second-order valence-electron chi connectivity index (χ2n) is 11.4. The van der Waals surface area contributed by atoms with E-state index >= 15 is 4.39 Å². The lowest BCUT2D eigenvalue weighted by atomic mass is 9.98. The standard InChI is InChI=1S/C31H36FN9/c32-26-20-40(18-15-27(26)39-16-4-1-5-17-39)24-13-11-23(12-14-24)34-31-35-30(33)41(38-31)28-19-22-9-6-8-21-7-2-3-10-25(21)29(22)37-36-28/h2-3,7,10-14,19,26-27H,1,4-6,8-9,15-18,20H2,(H3,33,34,35,38). The Morgan fingerprint density at radius 2 is 1.68 bits per heavy atom. The molecule has 2 fully saturated rings. The van der Waals surface area contributed by atoms with Crippen LogP contribution in [0.25, 0.3) is 17.1 Å². The van der Waals surface area contributed by atoms with Crippen LogP contribution in [0.5, 0.6) is 0 Å². The van der Waals surface area contributed by atoms with Crippen LogP contribution in [-0.4, -0.2) is 68.3 Å². The summed E-state index contributed by atoms with van der Waals surface area (Å²) in [7, 11) is 0. The Balaban J connectivity index is 1.03. The van der Waals surface area contributed by atoms with Gasteiger partial charge in [-0.3, -0.25) is 4.90 Å². The van der Waals surface area contributed by atoms with E-state index in [1.807, 2.05) is 36.4 Å². The van der Waals surface area contributed by atoms with E-state index in [-0.39, 0.29) is 12.0 Å². The number of aromatic nitrogens is 5. The molecule has 1 aliphatic carbocycles. The second-order valence-corrected chi connectivity index (χ2v) is 11.4. The Morgan fingerprint density at radius 1 is 0.878 bits per heavy atom. The van der Waals surface area contributed by atoms with Crippen molar-refractivity contribution in [3.63, 3.8) is 0 Å². The molecule has 3 N–H and O–H groups in total. The quantitative estimate of drug-likeness (QED) is 0.358. The number of anilines is 4. The fraction of sp³-hybridized carbons (Fsp3) is 0.419. The van der Waals surface area contributed by atoms with Crippen LogP contribution in [0.3, 0.4) is 0 Å². The molecular formula is C31H36FN9. The molecule has 10 heteroatoms. The van der Waals surface area contributed by atoms with E-state index < -0.39 is 6.17 Å².